The minimum Gasteiger partial charge on any atom is -0.381 e. The molecule has 0 saturated heterocycles. The third kappa shape index (κ3) is 5.42. The molecule has 76 valence electrons. The van der Waals surface area contributed by atoms with Gasteiger partial charge >= 0.3 is 0 Å². The molecule has 0 aromatic carbocycles. The van der Waals surface area contributed by atoms with Crippen LogP contribution < -0.4 is 5.73 Å². The Morgan fingerprint density at radius 3 is 2.62 bits per heavy atom. The molecule has 0 aromatic rings. The summed E-state index contributed by atoms with van der Waals surface area (Å²) in [7, 11) is 1.61. The van der Waals surface area contributed by atoms with Crippen molar-refractivity contribution in [2.45, 2.75) is 32.8 Å². The van der Waals surface area contributed by atoms with Crippen LogP contribution in [0.4, 0.5) is 0 Å². The van der Waals surface area contributed by atoms with E-state index >= 15 is 0 Å². The summed E-state index contributed by atoms with van der Waals surface area (Å²) in [6.45, 7) is 4.03. The van der Waals surface area contributed by atoms with Crippen LogP contribution in [0, 0.1) is 5.92 Å². The van der Waals surface area contributed by atoms with Crippen molar-refractivity contribution >= 4 is 5.91 Å². The van der Waals surface area contributed by atoms with Crippen molar-refractivity contribution in [1.29, 1.82) is 0 Å². The number of nitrogens with two attached hydrogens (primary N) is 1. The molecule has 0 heterocycles. The van der Waals surface area contributed by atoms with Gasteiger partial charge in [-0.2, -0.15) is 0 Å². The Kier molecular flexibility index (Phi) is 6.24. The maximum atomic E-state index is 10.7. The number of ether oxygens (including phenoxy) is 1. The summed E-state index contributed by atoms with van der Waals surface area (Å²) in [6.07, 6.45) is 5.22. The Morgan fingerprint density at radius 1 is 1.62 bits per heavy atom. The first-order valence-electron chi connectivity index (χ1n) is 4.54. The second kappa shape index (κ2) is 6.66. The predicted octanol–water partition coefficient (Wildman–Crippen LogP) is 1.48. The summed E-state index contributed by atoms with van der Waals surface area (Å²) in [4.78, 5) is 10.7. The first-order valence-corrected chi connectivity index (χ1v) is 4.54. The number of rotatable bonds is 6. The molecule has 13 heavy (non-hydrogen) atoms. The van der Waals surface area contributed by atoms with E-state index in [0.717, 1.165) is 6.42 Å². The Balaban J connectivity index is 3.98. The molecule has 2 atom stereocenters. The summed E-state index contributed by atoms with van der Waals surface area (Å²) in [5.41, 5.74) is 5.10. The van der Waals surface area contributed by atoms with Crippen molar-refractivity contribution in [3.8, 4) is 0 Å². The van der Waals surface area contributed by atoms with Crippen LogP contribution in [-0.2, 0) is 9.53 Å². The first kappa shape index (κ1) is 12.2. The van der Waals surface area contributed by atoms with Gasteiger partial charge in [0.15, 0.2) is 0 Å². The number of amides is 1. The largest absolute Gasteiger partial charge is 0.381 e. The fourth-order valence-corrected chi connectivity index (χ4v) is 1.22. The summed E-state index contributed by atoms with van der Waals surface area (Å²) < 4.78 is 5.19. The van der Waals surface area contributed by atoms with Crippen LogP contribution in [0.2, 0.25) is 0 Å². The Hall–Kier alpha value is -0.830. The molecular weight excluding hydrogens is 166 g/mol. The highest BCUT2D eigenvalue weighted by Gasteiger charge is 2.17. The van der Waals surface area contributed by atoms with Gasteiger partial charge in [0, 0.05) is 7.11 Å². The number of allylic oxidation sites excluding steroid dienone is 2. The second-order valence-corrected chi connectivity index (χ2v) is 3.23. The monoisotopic (exact) mass is 185 g/mol. The van der Waals surface area contributed by atoms with Gasteiger partial charge < -0.3 is 10.5 Å². The van der Waals surface area contributed by atoms with Crippen molar-refractivity contribution < 1.29 is 9.53 Å². The molecular formula is C10H19NO2. The number of methoxy groups -OCH3 is 1. The number of hydrogen-bond acceptors (Lipinski definition) is 2. The maximum absolute atomic E-state index is 10.7. The van der Waals surface area contributed by atoms with Crippen molar-refractivity contribution in [2.75, 3.05) is 7.11 Å². The van der Waals surface area contributed by atoms with Crippen molar-refractivity contribution in [3.63, 3.8) is 0 Å². The molecule has 0 saturated carbocycles. The topological polar surface area (TPSA) is 52.3 Å². The number of hydrogen-bond donors (Lipinski definition) is 1. The van der Waals surface area contributed by atoms with Crippen LogP contribution >= 0.6 is 0 Å². The fourth-order valence-electron chi connectivity index (χ4n) is 1.22. The summed E-state index contributed by atoms with van der Waals surface area (Å²) >= 11 is 0. The zero-order chi connectivity index (χ0) is 10.3. The van der Waals surface area contributed by atoms with Crippen LogP contribution in [0.25, 0.3) is 0 Å². The molecule has 3 heteroatoms. The third-order valence-corrected chi connectivity index (χ3v) is 2.08. The summed E-state index contributed by atoms with van der Waals surface area (Å²) in [6, 6.07) is 0. The molecule has 0 bridgehead atoms. The molecule has 2 N–H and O–H groups in total. The number of primary amides is 1. The van der Waals surface area contributed by atoms with Crippen LogP contribution in [0.1, 0.15) is 26.7 Å². The molecule has 0 rings (SSSR count). The smallest absolute Gasteiger partial charge is 0.220 e. The average molecular weight is 185 g/mol. The van der Waals surface area contributed by atoms with E-state index in [9.17, 15) is 4.79 Å². The highest BCUT2D eigenvalue weighted by Crippen LogP contribution is 2.14. The van der Waals surface area contributed by atoms with Gasteiger partial charge in [-0.1, -0.05) is 19.1 Å². The average Bonchev–Trinajstić information content (AvgIpc) is 2.09. The Morgan fingerprint density at radius 2 is 2.23 bits per heavy atom. The van der Waals surface area contributed by atoms with Gasteiger partial charge in [-0.25, -0.2) is 0 Å². The lowest BCUT2D eigenvalue weighted by Crippen LogP contribution is -2.27. The molecule has 0 aliphatic carbocycles. The molecule has 0 spiro atoms. The standard InChI is InChI=1S/C10H19NO2/c1-4-5-6-8(2)9(13-3)7-10(11)12/h4-5,8-9H,6-7H2,1-3H3,(H2,11,12)/b5-4+/t8-,9?/m1/s1. The van der Waals surface area contributed by atoms with Gasteiger partial charge in [-0.05, 0) is 19.3 Å². The summed E-state index contributed by atoms with van der Waals surface area (Å²) in [5.74, 6) is 0.0212. The van der Waals surface area contributed by atoms with Gasteiger partial charge in [0.05, 0.1) is 12.5 Å². The fraction of sp³-hybridized carbons (Fsp3) is 0.700. The third-order valence-electron chi connectivity index (χ3n) is 2.08. The van der Waals surface area contributed by atoms with E-state index in [1.807, 2.05) is 13.0 Å². The van der Waals surface area contributed by atoms with Crippen molar-refractivity contribution in [3.05, 3.63) is 12.2 Å². The molecule has 1 amide bonds. The van der Waals surface area contributed by atoms with Gasteiger partial charge in [0.25, 0.3) is 0 Å². The molecule has 0 fully saturated rings. The Bertz CT molecular complexity index is 178. The molecule has 0 aliphatic rings. The zero-order valence-electron chi connectivity index (χ0n) is 8.62. The lowest BCUT2D eigenvalue weighted by Gasteiger charge is -2.19. The normalized spacial score (nSPS) is 15.9. The van der Waals surface area contributed by atoms with E-state index in [1.165, 1.54) is 0 Å². The van der Waals surface area contributed by atoms with Crippen molar-refractivity contribution in [1.82, 2.24) is 0 Å². The summed E-state index contributed by atoms with van der Waals surface area (Å²) in [5, 5.41) is 0. The lowest BCUT2D eigenvalue weighted by molar-refractivity contribution is -0.121. The molecule has 1 unspecified atom stereocenters. The second-order valence-electron chi connectivity index (χ2n) is 3.23. The van der Waals surface area contributed by atoms with Gasteiger partial charge in [-0.3, -0.25) is 4.79 Å². The number of carbonyl (C=O) groups is 1. The molecule has 3 nitrogen and oxygen atoms in total. The zero-order valence-corrected chi connectivity index (χ0v) is 8.62. The quantitative estimate of drug-likeness (QED) is 0.637. The van der Waals surface area contributed by atoms with E-state index in [0.29, 0.717) is 12.3 Å². The maximum Gasteiger partial charge on any atom is 0.220 e. The van der Waals surface area contributed by atoms with E-state index in [2.05, 4.69) is 13.0 Å². The predicted molar refractivity (Wildman–Crippen MR) is 53.2 cm³/mol. The minimum absolute atomic E-state index is 0.0614. The van der Waals surface area contributed by atoms with Gasteiger partial charge in [0.2, 0.25) is 5.91 Å². The Labute approximate surface area is 79.9 Å². The van der Waals surface area contributed by atoms with Crippen LogP contribution in [0.5, 0.6) is 0 Å². The van der Waals surface area contributed by atoms with Crippen LogP contribution in [-0.4, -0.2) is 19.1 Å². The van der Waals surface area contributed by atoms with Crippen LogP contribution in [0.3, 0.4) is 0 Å². The van der Waals surface area contributed by atoms with Crippen LogP contribution in [0.15, 0.2) is 12.2 Å². The number of carbonyl (C=O) groups excluding carboxylic acids is 1. The minimum atomic E-state index is -0.306. The van der Waals surface area contributed by atoms with Crippen molar-refractivity contribution in [2.24, 2.45) is 11.7 Å². The van der Waals surface area contributed by atoms with E-state index < -0.39 is 0 Å². The molecule has 0 aliphatic heterocycles. The lowest BCUT2D eigenvalue weighted by atomic mass is 9.98. The van der Waals surface area contributed by atoms with E-state index in [1.54, 1.807) is 7.11 Å². The highest BCUT2D eigenvalue weighted by atomic mass is 16.5. The van der Waals surface area contributed by atoms with E-state index in [4.69, 9.17) is 10.5 Å². The van der Waals surface area contributed by atoms with Gasteiger partial charge in [-0.15, -0.1) is 0 Å². The molecule has 0 radical (unpaired) electrons. The molecule has 0 aromatic heterocycles. The first-order chi connectivity index (χ1) is 6.11. The van der Waals surface area contributed by atoms with E-state index in [-0.39, 0.29) is 12.0 Å². The highest BCUT2D eigenvalue weighted by molar-refractivity contribution is 5.74. The van der Waals surface area contributed by atoms with Gasteiger partial charge in [0.1, 0.15) is 0 Å². The SMILES string of the molecule is C/C=C/C[C@@H](C)C(CC(N)=O)OC.